The summed E-state index contributed by atoms with van der Waals surface area (Å²) in [4.78, 5) is 11.6. The van der Waals surface area contributed by atoms with Crippen LogP contribution in [-0.2, 0) is 14.8 Å². The molecule has 1 aromatic rings. The Hall–Kier alpha value is -0.920. The number of hydrogen-bond donors (Lipinski definition) is 1. The third-order valence-corrected chi connectivity index (χ3v) is 5.36. The number of halogens is 1. The van der Waals surface area contributed by atoms with E-state index in [0.717, 1.165) is 12.8 Å². The van der Waals surface area contributed by atoms with E-state index in [1.54, 1.807) is 0 Å². The Labute approximate surface area is 120 Å². The van der Waals surface area contributed by atoms with Crippen LogP contribution >= 0.6 is 15.9 Å². The first-order chi connectivity index (χ1) is 8.77. The van der Waals surface area contributed by atoms with Crippen LogP contribution in [-0.4, -0.2) is 27.0 Å². The third-order valence-electron chi connectivity index (χ3n) is 3.03. The molecule has 0 radical (unpaired) electrons. The lowest BCUT2D eigenvalue weighted by Gasteiger charge is -2.13. The van der Waals surface area contributed by atoms with Gasteiger partial charge in [-0.15, -0.1) is 0 Å². The second-order valence-electron chi connectivity index (χ2n) is 4.80. The lowest BCUT2D eigenvalue weighted by Crippen LogP contribution is -2.34. The quantitative estimate of drug-likeness (QED) is 0.846. The molecule has 0 atom stereocenters. The number of rotatable bonds is 4. The molecule has 2 rings (SSSR count). The Morgan fingerprint density at radius 1 is 1.42 bits per heavy atom. The minimum Gasteiger partial charge on any atom is -0.465 e. The summed E-state index contributed by atoms with van der Waals surface area (Å²) < 4.78 is 32.1. The first-order valence-electron chi connectivity index (χ1n) is 5.69. The van der Waals surface area contributed by atoms with Gasteiger partial charge in [-0.05, 0) is 53.9 Å². The van der Waals surface area contributed by atoms with Gasteiger partial charge in [-0.25, -0.2) is 17.9 Å². The summed E-state index contributed by atoms with van der Waals surface area (Å²) in [6.07, 6.45) is 1.65. The van der Waals surface area contributed by atoms with Crippen LogP contribution in [0.2, 0.25) is 0 Å². The Morgan fingerprint density at radius 2 is 2.05 bits per heavy atom. The van der Waals surface area contributed by atoms with Crippen LogP contribution in [0.3, 0.4) is 0 Å². The van der Waals surface area contributed by atoms with Crippen LogP contribution in [0, 0.1) is 0 Å². The van der Waals surface area contributed by atoms with E-state index in [-0.39, 0.29) is 16.0 Å². The number of esters is 1. The highest BCUT2D eigenvalue weighted by Crippen LogP contribution is 2.36. The van der Waals surface area contributed by atoms with E-state index in [1.807, 2.05) is 6.92 Å². The summed E-state index contributed by atoms with van der Waals surface area (Å²) in [6.45, 7) is 1.85. The van der Waals surface area contributed by atoms with Crippen LogP contribution in [0.4, 0.5) is 0 Å². The molecule has 0 saturated heterocycles. The molecule has 19 heavy (non-hydrogen) atoms. The van der Waals surface area contributed by atoms with Crippen molar-refractivity contribution in [1.82, 2.24) is 4.72 Å². The minimum atomic E-state index is -3.62. The summed E-state index contributed by atoms with van der Waals surface area (Å²) in [5.41, 5.74) is -0.163. The van der Waals surface area contributed by atoms with Crippen molar-refractivity contribution in [2.45, 2.75) is 30.2 Å². The Morgan fingerprint density at radius 3 is 2.58 bits per heavy atom. The van der Waals surface area contributed by atoms with Crippen molar-refractivity contribution in [1.29, 1.82) is 0 Å². The molecule has 0 aromatic heterocycles. The number of nitrogens with one attached hydrogen (secondary N) is 1. The van der Waals surface area contributed by atoms with Crippen LogP contribution in [0.5, 0.6) is 0 Å². The number of ether oxygens (including phenoxy) is 1. The van der Waals surface area contributed by atoms with E-state index in [2.05, 4.69) is 25.4 Å². The lowest BCUT2D eigenvalue weighted by atomic mass is 10.2. The molecule has 0 bridgehead atoms. The molecule has 7 heteroatoms. The van der Waals surface area contributed by atoms with E-state index in [9.17, 15) is 13.2 Å². The van der Waals surface area contributed by atoms with Crippen LogP contribution in [0.15, 0.2) is 27.6 Å². The zero-order chi connectivity index (χ0) is 14.3. The molecule has 0 aliphatic heterocycles. The molecule has 1 aliphatic rings. The molecular weight excluding hydrogens is 334 g/mol. The zero-order valence-corrected chi connectivity index (χ0v) is 13.0. The summed E-state index contributed by atoms with van der Waals surface area (Å²) in [5.74, 6) is -0.582. The summed E-state index contributed by atoms with van der Waals surface area (Å²) in [7, 11) is -2.37. The topological polar surface area (TPSA) is 72.5 Å². The van der Waals surface area contributed by atoms with Crippen LogP contribution in [0.1, 0.15) is 30.1 Å². The first kappa shape index (κ1) is 14.5. The normalized spacial score (nSPS) is 17.0. The van der Waals surface area contributed by atoms with Gasteiger partial charge in [-0.1, -0.05) is 0 Å². The highest BCUT2D eigenvalue weighted by molar-refractivity contribution is 9.10. The summed E-state index contributed by atoms with van der Waals surface area (Å²) >= 11 is 3.20. The molecule has 0 heterocycles. The zero-order valence-electron chi connectivity index (χ0n) is 10.6. The molecule has 104 valence electrons. The third kappa shape index (κ3) is 3.16. The highest BCUT2D eigenvalue weighted by Gasteiger charge is 2.41. The van der Waals surface area contributed by atoms with Crippen molar-refractivity contribution >= 4 is 31.9 Å². The number of hydrogen-bond acceptors (Lipinski definition) is 4. The smallest absolute Gasteiger partial charge is 0.339 e. The van der Waals surface area contributed by atoms with Crippen molar-refractivity contribution in [2.75, 3.05) is 7.11 Å². The van der Waals surface area contributed by atoms with Crippen molar-refractivity contribution < 1.29 is 17.9 Å². The van der Waals surface area contributed by atoms with Gasteiger partial charge in [0.25, 0.3) is 0 Å². The molecule has 1 N–H and O–H groups in total. The van der Waals surface area contributed by atoms with E-state index >= 15 is 0 Å². The van der Waals surface area contributed by atoms with Gasteiger partial charge in [0.2, 0.25) is 10.0 Å². The van der Waals surface area contributed by atoms with Gasteiger partial charge in [0, 0.05) is 10.0 Å². The van der Waals surface area contributed by atoms with Crippen molar-refractivity contribution in [3.05, 3.63) is 28.2 Å². The summed E-state index contributed by atoms with van der Waals surface area (Å²) in [5, 5.41) is 0. The monoisotopic (exact) mass is 347 g/mol. The fourth-order valence-corrected chi connectivity index (χ4v) is 3.51. The average Bonchev–Trinajstić information content (AvgIpc) is 3.05. The van der Waals surface area contributed by atoms with E-state index in [0.29, 0.717) is 4.47 Å². The fourth-order valence-electron chi connectivity index (χ4n) is 1.61. The predicted molar refractivity (Wildman–Crippen MR) is 73.4 cm³/mol. The molecule has 5 nitrogen and oxygen atoms in total. The predicted octanol–water partition coefficient (Wildman–Crippen LogP) is 2.07. The molecule has 0 amide bonds. The maximum atomic E-state index is 12.2. The Bertz CT molecular complexity index is 623. The highest BCUT2D eigenvalue weighted by atomic mass is 79.9. The molecule has 1 saturated carbocycles. The Kier molecular flexibility index (Phi) is 3.72. The van der Waals surface area contributed by atoms with Gasteiger partial charge in [0.15, 0.2) is 0 Å². The largest absolute Gasteiger partial charge is 0.465 e. The number of methoxy groups -OCH3 is 1. The van der Waals surface area contributed by atoms with Crippen molar-refractivity contribution in [3.63, 3.8) is 0 Å². The molecular formula is C12H14BrNO4S. The molecule has 1 aliphatic carbocycles. The van der Waals surface area contributed by atoms with E-state index in [4.69, 9.17) is 0 Å². The standard InChI is InChI=1S/C12H14BrNO4S/c1-12(5-6-12)14-19(16,17)8-3-4-10(13)9(7-8)11(15)18-2/h3-4,7,14H,5-6H2,1-2H3. The SMILES string of the molecule is COC(=O)c1cc(S(=O)(=O)NC2(C)CC2)ccc1Br. The van der Waals surface area contributed by atoms with Crippen molar-refractivity contribution in [2.24, 2.45) is 0 Å². The number of carbonyl (C=O) groups excluding carboxylic acids is 1. The minimum absolute atomic E-state index is 0.0595. The number of carbonyl (C=O) groups is 1. The maximum Gasteiger partial charge on any atom is 0.339 e. The van der Waals surface area contributed by atoms with Gasteiger partial charge in [-0.2, -0.15) is 0 Å². The first-order valence-corrected chi connectivity index (χ1v) is 7.97. The molecule has 1 fully saturated rings. The molecule has 0 spiro atoms. The van der Waals surface area contributed by atoms with Gasteiger partial charge in [-0.3, -0.25) is 0 Å². The van der Waals surface area contributed by atoms with Crippen molar-refractivity contribution in [3.8, 4) is 0 Å². The average molecular weight is 348 g/mol. The lowest BCUT2D eigenvalue weighted by molar-refractivity contribution is 0.0599. The Balaban J connectivity index is 2.37. The van der Waals surface area contributed by atoms with Gasteiger partial charge in [0.05, 0.1) is 17.6 Å². The van der Waals surface area contributed by atoms with Gasteiger partial charge >= 0.3 is 5.97 Å². The fraction of sp³-hybridized carbons (Fsp3) is 0.417. The van der Waals surface area contributed by atoms with Crippen LogP contribution in [0.25, 0.3) is 0 Å². The number of benzene rings is 1. The molecule has 1 aromatic carbocycles. The van der Waals surface area contributed by atoms with Gasteiger partial charge < -0.3 is 4.74 Å². The second-order valence-corrected chi connectivity index (χ2v) is 7.34. The van der Waals surface area contributed by atoms with Gasteiger partial charge in [0.1, 0.15) is 0 Å². The van der Waals surface area contributed by atoms with E-state index < -0.39 is 16.0 Å². The summed E-state index contributed by atoms with van der Waals surface area (Å²) in [6, 6.07) is 4.28. The molecule has 0 unspecified atom stereocenters. The second kappa shape index (κ2) is 4.88. The maximum absolute atomic E-state index is 12.2. The van der Waals surface area contributed by atoms with Crippen LogP contribution < -0.4 is 4.72 Å². The number of sulfonamides is 1. The van der Waals surface area contributed by atoms with E-state index in [1.165, 1.54) is 25.3 Å².